The first-order chi connectivity index (χ1) is 8.44. The third-order valence-corrected chi connectivity index (χ3v) is 9.43. The number of epoxide rings is 2. The van der Waals surface area contributed by atoms with Gasteiger partial charge in [-0.2, -0.15) is 0 Å². The van der Waals surface area contributed by atoms with Crippen LogP contribution >= 0.6 is 0 Å². The summed E-state index contributed by atoms with van der Waals surface area (Å²) in [6, 6.07) is 0. The van der Waals surface area contributed by atoms with Gasteiger partial charge in [0.1, 0.15) is 11.7 Å². The van der Waals surface area contributed by atoms with Gasteiger partial charge in [0.25, 0.3) is 0 Å². The van der Waals surface area contributed by atoms with Crippen LogP contribution in [-0.2, 0) is 13.9 Å². The van der Waals surface area contributed by atoms with E-state index >= 15 is 0 Å². The lowest BCUT2D eigenvalue weighted by molar-refractivity contribution is 0.184. The molecule has 2 saturated heterocycles. The average molecular weight is 286 g/mol. The predicted octanol–water partition coefficient (Wildman–Crippen LogP) is 3.94. The second-order valence-electron chi connectivity index (χ2n) is 8.29. The van der Waals surface area contributed by atoms with Crippen molar-refractivity contribution in [2.24, 2.45) is 5.92 Å². The Bertz CT molecular complexity index is 361. The van der Waals surface area contributed by atoms with E-state index in [0.29, 0.717) is 12.5 Å². The molecule has 112 valence electrons. The molecule has 2 fully saturated rings. The maximum absolute atomic E-state index is 6.28. The Balaban J connectivity index is 1.87. The van der Waals surface area contributed by atoms with Crippen molar-refractivity contribution in [2.75, 3.05) is 6.61 Å². The van der Waals surface area contributed by atoms with Crippen molar-refractivity contribution in [1.29, 1.82) is 0 Å². The molecule has 0 bridgehead atoms. The third kappa shape index (κ3) is 2.65. The van der Waals surface area contributed by atoms with Crippen molar-refractivity contribution in [1.82, 2.24) is 0 Å². The summed E-state index contributed by atoms with van der Waals surface area (Å²) in [5.74, 6) is 0.346. The molecule has 0 aromatic rings. The minimum Gasteiger partial charge on any atom is -0.414 e. The molecule has 0 unspecified atom stereocenters. The molecular formula is C15H30O3Si. The van der Waals surface area contributed by atoms with Crippen molar-refractivity contribution in [3.63, 3.8) is 0 Å². The van der Waals surface area contributed by atoms with Gasteiger partial charge in [0.05, 0.1) is 6.61 Å². The molecule has 4 heteroatoms. The van der Waals surface area contributed by atoms with E-state index in [1.807, 2.05) is 0 Å². The van der Waals surface area contributed by atoms with E-state index in [9.17, 15) is 0 Å². The Morgan fingerprint density at radius 2 is 1.84 bits per heavy atom. The first-order valence-electron chi connectivity index (χ1n) is 7.45. The molecule has 0 aromatic carbocycles. The summed E-state index contributed by atoms with van der Waals surface area (Å²) in [6.45, 7) is 18.6. The average Bonchev–Trinajstić information content (AvgIpc) is 3.02. The quantitative estimate of drug-likeness (QED) is 0.567. The first-order valence-corrected chi connectivity index (χ1v) is 10.4. The summed E-state index contributed by atoms with van der Waals surface area (Å²) in [4.78, 5) is 0. The second kappa shape index (κ2) is 4.29. The van der Waals surface area contributed by atoms with Gasteiger partial charge in [0.2, 0.25) is 5.79 Å². The summed E-state index contributed by atoms with van der Waals surface area (Å²) in [5.41, 5.74) is -0.220. The minimum atomic E-state index is -1.70. The van der Waals surface area contributed by atoms with Crippen LogP contribution in [-0.4, -0.2) is 32.4 Å². The highest BCUT2D eigenvalue weighted by atomic mass is 28.4. The summed E-state index contributed by atoms with van der Waals surface area (Å²) in [5, 5.41) is 0.243. The smallest absolute Gasteiger partial charge is 0.228 e. The van der Waals surface area contributed by atoms with Gasteiger partial charge in [0.15, 0.2) is 8.32 Å². The summed E-state index contributed by atoms with van der Waals surface area (Å²) < 4.78 is 18.0. The van der Waals surface area contributed by atoms with E-state index < -0.39 is 8.32 Å². The lowest BCUT2D eigenvalue weighted by atomic mass is 10.0. The Kier molecular flexibility index (Phi) is 3.50. The van der Waals surface area contributed by atoms with E-state index in [1.165, 1.54) is 0 Å². The van der Waals surface area contributed by atoms with Crippen LogP contribution in [0.1, 0.15) is 48.0 Å². The molecule has 3 nitrogen and oxygen atoms in total. The van der Waals surface area contributed by atoms with E-state index in [0.717, 1.165) is 6.42 Å². The zero-order valence-corrected chi connectivity index (χ0v) is 14.8. The molecule has 19 heavy (non-hydrogen) atoms. The second-order valence-corrected chi connectivity index (χ2v) is 13.1. The molecule has 2 aliphatic rings. The van der Waals surface area contributed by atoms with E-state index in [2.05, 4.69) is 54.6 Å². The van der Waals surface area contributed by atoms with Gasteiger partial charge in [-0.1, -0.05) is 34.6 Å². The van der Waals surface area contributed by atoms with Crippen molar-refractivity contribution in [2.45, 2.75) is 83.6 Å². The fourth-order valence-corrected chi connectivity index (χ4v) is 3.41. The number of hydrogen-bond acceptors (Lipinski definition) is 3. The van der Waals surface area contributed by atoms with E-state index in [1.54, 1.807) is 0 Å². The van der Waals surface area contributed by atoms with E-state index in [-0.39, 0.29) is 22.5 Å². The summed E-state index contributed by atoms with van der Waals surface area (Å²) in [6.07, 6.45) is 1.36. The minimum absolute atomic E-state index is 0.220. The fraction of sp³-hybridized carbons (Fsp3) is 1.00. The van der Waals surface area contributed by atoms with Crippen LogP contribution in [0.15, 0.2) is 0 Å². The lowest BCUT2D eigenvalue weighted by Crippen LogP contribution is -2.43. The fourth-order valence-electron chi connectivity index (χ4n) is 2.34. The zero-order chi connectivity index (χ0) is 14.7. The monoisotopic (exact) mass is 286 g/mol. The maximum atomic E-state index is 6.28. The van der Waals surface area contributed by atoms with Gasteiger partial charge in [-0.05, 0) is 37.4 Å². The zero-order valence-electron chi connectivity index (χ0n) is 13.8. The van der Waals surface area contributed by atoms with Crippen LogP contribution in [0.4, 0.5) is 0 Å². The van der Waals surface area contributed by atoms with Crippen molar-refractivity contribution in [3.05, 3.63) is 0 Å². The molecule has 2 heterocycles. The first kappa shape index (κ1) is 15.5. The van der Waals surface area contributed by atoms with Gasteiger partial charge >= 0.3 is 0 Å². The van der Waals surface area contributed by atoms with Gasteiger partial charge in [-0.3, -0.25) is 0 Å². The summed E-state index contributed by atoms with van der Waals surface area (Å²) in [7, 11) is -1.70. The van der Waals surface area contributed by atoms with Crippen LogP contribution in [0.2, 0.25) is 18.1 Å². The normalized spacial score (nSPS) is 38.1. The molecular weight excluding hydrogens is 256 g/mol. The van der Waals surface area contributed by atoms with E-state index in [4.69, 9.17) is 13.9 Å². The van der Waals surface area contributed by atoms with Crippen LogP contribution < -0.4 is 0 Å². The third-order valence-electron chi connectivity index (χ3n) is 4.96. The molecule has 0 radical (unpaired) electrons. The maximum Gasteiger partial charge on any atom is 0.228 e. The highest BCUT2D eigenvalue weighted by Crippen LogP contribution is 2.64. The molecule has 0 aromatic heterocycles. The molecule has 0 amide bonds. The molecule has 3 atom stereocenters. The van der Waals surface area contributed by atoms with Crippen LogP contribution in [0.3, 0.4) is 0 Å². The molecule has 0 N–H and O–H groups in total. The lowest BCUT2D eigenvalue weighted by Gasteiger charge is -2.36. The molecule has 1 spiro atoms. The SMILES string of the molecule is CC(C)C[C@H]1O[C@]12O[C@]2(C)CO[Si](C)(C)C(C)(C)C. The predicted molar refractivity (Wildman–Crippen MR) is 79.7 cm³/mol. The number of ether oxygens (including phenoxy) is 2. The van der Waals surface area contributed by atoms with Crippen molar-refractivity contribution < 1.29 is 13.9 Å². The molecule has 2 aliphatic heterocycles. The van der Waals surface area contributed by atoms with Gasteiger partial charge in [-0.15, -0.1) is 0 Å². The van der Waals surface area contributed by atoms with Crippen LogP contribution in [0.25, 0.3) is 0 Å². The Morgan fingerprint density at radius 1 is 1.26 bits per heavy atom. The number of hydrogen-bond donors (Lipinski definition) is 0. The van der Waals surface area contributed by atoms with Crippen molar-refractivity contribution >= 4 is 8.32 Å². The Hall–Kier alpha value is 0.0969. The molecule has 0 saturated carbocycles. The van der Waals surface area contributed by atoms with Crippen LogP contribution in [0.5, 0.6) is 0 Å². The molecule has 2 rings (SSSR count). The van der Waals surface area contributed by atoms with Crippen molar-refractivity contribution in [3.8, 4) is 0 Å². The Morgan fingerprint density at radius 3 is 2.32 bits per heavy atom. The topological polar surface area (TPSA) is 34.3 Å². The van der Waals surface area contributed by atoms with Crippen LogP contribution in [0, 0.1) is 5.92 Å². The number of rotatable bonds is 5. The standard InChI is InChI=1S/C15H30O3Si/c1-11(2)9-12-15(17-12)14(6,18-15)10-16-19(7,8)13(3,4)5/h11-12H,9-10H2,1-8H3/t12-,14-,15+/m1/s1. The highest BCUT2D eigenvalue weighted by Gasteiger charge is 2.83. The molecule has 0 aliphatic carbocycles. The van der Waals surface area contributed by atoms with Gasteiger partial charge in [0, 0.05) is 0 Å². The van der Waals surface area contributed by atoms with Gasteiger partial charge in [-0.25, -0.2) is 0 Å². The largest absolute Gasteiger partial charge is 0.414 e. The summed E-state index contributed by atoms with van der Waals surface area (Å²) >= 11 is 0. The Labute approximate surface area is 119 Å². The van der Waals surface area contributed by atoms with Gasteiger partial charge < -0.3 is 13.9 Å². The highest BCUT2D eigenvalue weighted by molar-refractivity contribution is 6.74.